The van der Waals surface area contributed by atoms with E-state index in [9.17, 15) is 0 Å². The minimum Gasteiger partial charge on any atom is -0.328 e. The van der Waals surface area contributed by atoms with Gasteiger partial charge in [0, 0.05) is 17.4 Å². The number of nitrogens with two attached hydrogens (primary N) is 1. The van der Waals surface area contributed by atoms with Crippen molar-refractivity contribution in [3.8, 4) is 0 Å². The van der Waals surface area contributed by atoms with Crippen molar-refractivity contribution in [2.75, 3.05) is 0 Å². The molecule has 16 heavy (non-hydrogen) atoms. The van der Waals surface area contributed by atoms with Gasteiger partial charge < -0.3 is 5.73 Å². The van der Waals surface area contributed by atoms with E-state index in [2.05, 4.69) is 23.8 Å². The Balaban J connectivity index is 2.10. The van der Waals surface area contributed by atoms with Crippen molar-refractivity contribution in [2.24, 2.45) is 11.7 Å². The fourth-order valence-corrected chi connectivity index (χ4v) is 2.01. The molecule has 1 aliphatic carbocycles. The van der Waals surface area contributed by atoms with Gasteiger partial charge in [-0.3, -0.25) is 0 Å². The summed E-state index contributed by atoms with van der Waals surface area (Å²) in [7, 11) is 0. The van der Waals surface area contributed by atoms with Crippen LogP contribution in [-0.4, -0.2) is 16.0 Å². The Hall–Kier alpha value is -0.960. The maximum Gasteiger partial charge on any atom is 0.115 e. The van der Waals surface area contributed by atoms with Crippen LogP contribution in [0.15, 0.2) is 6.33 Å². The number of nitrogens with zero attached hydrogens (tertiary/aromatic N) is 2. The van der Waals surface area contributed by atoms with E-state index in [1.165, 1.54) is 30.5 Å². The third-order valence-corrected chi connectivity index (χ3v) is 3.28. The summed E-state index contributed by atoms with van der Waals surface area (Å²) in [6.45, 7) is 4.14. The summed E-state index contributed by atoms with van der Waals surface area (Å²) in [6.07, 6.45) is 7.60. The van der Waals surface area contributed by atoms with Crippen LogP contribution < -0.4 is 5.73 Å². The zero-order valence-corrected chi connectivity index (χ0v) is 10.2. The Kier molecular flexibility index (Phi) is 3.54. The molecule has 1 aliphatic rings. The average molecular weight is 219 g/mol. The van der Waals surface area contributed by atoms with E-state index in [1.807, 2.05) is 0 Å². The van der Waals surface area contributed by atoms with Crippen LogP contribution >= 0.6 is 0 Å². The normalized spacial score (nSPS) is 17.4. The van der Waals surface area contributed by atoms with Crippen LogP contribution in [0, 0.1) is 12.8 Å². The molecule has 1 atom stereocenters. The van der Waals surface area contributed by atoms with Crippen molar-refractivity contribution >= 4 is 0 Å². The van der Waals surface area contributed by atoms with E-state index in [0.29, 0.717) is 0 Å². The lowest BCUT2D eigenvalue weighted by atomic mass is 10.0. The van der Waals surface area contributed by atoms with Crippen LogP contribution in [0.1, 0.15) is 43.1 Å². The largest absolute Gasteiger partial charge is 0.328 e. The van der Waals surface area contributed by atoms with Crippen molar-refractivity contribution in [1.82, 2.24) is 9.97 Å². The monoisotopic (exact) mass is 219 g/mol. The highest BCUT2D eigenvalue weighted by molar-refractivity contribution is 5.25. The molecule has 2 rings (SSSR count). The highest BCUT2D eigenvalue weighted by Gasteiger charge is 2.24. The molecule has 0 radical (unpaired) electrons. The highest BCUT2D eigenvalue weighted by atomic mass is 14.8. The van der Waals surface area contributed by atoms with E-state index in [0.717, 1.165) is 24.5 Å². The Morgan fingerprint density at radius 1 is 1.44 bits per heavy atom. The van der Waals surface area contributed by atoms with Crippen LogP contribution in [0.25, 0.3) is 0 Å². The van der Waals surface area contributed by atoms with Crippen molar-refractivity contribution < 1.29 is 0 Å². The molecule has 88 valence electrons. The first kappa shape index (κ1) is 11.5. The number of aromatic nitrogens is 2. The molecule has 3 heteroatoms. The zero-order valence-electron chi connectivity index (χ0n) is 10.2. The van der Waals surface area contributed by atoms with E-state index in [-0.39, 0.29) is 6.04 Å². The molecule has 1 aromatic heterocycles. The van der Waals surface area contributed by atoms with Gasteiger partial charge in [-0.1, -0.05) is 0 Å². The van der Waals surface area contributed by atoms with Crippen molar-refractivity contribution in [1.29, 1.82) is 0 Å². The van der Waals surface area contributed by atoms with Gasteiger partial charge in [-0.2, -0.15) is 0 Å². The quantitative estimate of drug-likeness (QED) is 0.824. The second-order valence-electron chi connectivity index (χ2n) is 5.05. The van der Waals surface area contributed by atoms with Gasteiger partial charge in [0.05, 0.1) is 0 Å². The smallest absolute Gasteiger partial charge is 0.115 e. The SMILES string of the molecule is Cc1ncnc(CCC(C)N)c1CC1CC1. The van der Waals surface area contributed by atoms with E-state index >= 15 is 0 Å². The first-order chi connectivity index (χ1) is 7.66. The molecule has 0 saturated heterocycles. The van der Waals surface area contributed by atoms with Crippen molar-refractivity contribution in [3.05, 3.63) is 23.3 Å². The Morgan fingerprint density at radius 2 is 2.19 bits per heavy atom. The second-order valence-corrected chi connectivity index (χ2v) is 5.05. The van der Waals surface area contributed by atoms with E-state index in [1.54, 1.807) is 6.33 Å². The summed E-state index contributed by atoms with van der Waals surface area (Å²) in [4.78, 5) is 8.73. The summed E-state index contributed by atoms with van der Waals surface area (Å²) < 4.78 is 0. The molecule has 0 bridgehead atoms. The molecule has 0 spiro atoms. The first-order valence-corrected chi connectivity index (χ1v) is 6.21. The number of aryl methyl sites for hydroxylation is 2. The van der Waals surface area contributed by atoms with Crippen molar-refractivity contribution in [3.63, 3.8) is 0 Å². The lowest BCUT2D eigenvalue weighted by Crippen LogP contribution is -2.16. The van der Waals surface area contributed by atoms with Crippen LogP contribution in [0.4, 0.5) is 0 Å². The van der Waals surface area contributed by atoms with Crippen molar-refractivity contribution in [2.45, 2.75) is 52.0 Å². The number of rotatable bonds is 5. The third-order valence-electron chi connectivity index (χ3n) is 3.28. The summed E-state index contributed by atoms with van der Waals surface area (Å²) in [6, 6.07) is 0.254. The van der Waals surface area contributed by atoms with E-state index in [4.69, 9.17) is 5.73 Å². The predicted molar refractivity (Wildman–Crippen MR) is 65.2 cm³/mol. The number of hydrogen-bond acceptors (Lipinski definition) is 3. The minimum absolute atomic E-state index is 0.254. The van der Waals surface area contributed by atoms with Gasteiger partial charge >= 0.3 is 0 Å². The summed E-state index contributed by atoms with van der Waals surface area (Å²) in [5.74, 6) is 0.888. The van der Waals surface area contributed by atoms with Gasteiger partial charge in [0.25, 0.3) is 0 Å². The van der Waals surface area contributed by atoms with Crippen LogP contribution in [0.3, 0.4) is 0 Å². The molecule has 1 saturated carbocycles. The average Bonchev–Trinajstić information content (AvgIpc) is 3.02. The van der Waals surface area contributed by atoms with Gasteiger partial charge in [0.15, 0.2) is 0 Å². The van der Waals surface area contributed by atoms with Gasteiger partial charge in [-0.15, -0.1) is 0 Å². The molecule has 1 unspecified atom stereocenters. The lowest BCUT2D eigenvalue weighted by molar-refractivity contribution is 0.648. The standard InChI is InChI=1S/C13H21N3/c1-9(14)3-6-13-12(7-11-4-5-11)10(2)15-8-16-13/h8-9,11H,3-7,14H2,1-2H3. The molecule has 0 aliphatic heterocycles. The molecule has 1 aromatic rings. The molecule has 1 heterocycles. The second kappa shape index (κ2) is 4.91. The minimum atomic E-state index is 0.254. The maximum atomic E-state index is 5.80. The molecular weight excluding hydrogens is 198 g/mol. The van der Waals surface area contributed by atoms with Crippen LogP contribution in [0.2, 0.25) is 0 Å². The van der Waals surface area contributed by atoms with Gasteiger partial charge in [0.2, 0.25) is 0 Å². The van der Waals surface area contributed by atoms with Gasteiger partial charge in [0.1, 0.15) is 6.33 Å². The molecule has 1 fully saturated rings. The summed E-state index contributed by atoms with van der Waals surface area (Å²) >= 11 is 0. The zero-order chi connectivity index (χ0) is 11.5. The maximum absolute atomic E-state index is 5.80. The third kappa shape index (κ3) is 3.01. The molecule has 3 nitrogen and oxygen atoms in total. The topological polar surface area (TPSA) is 51.8 Å². The van der Waals surface area contributed by atoms with Crippen LogP contribution in [0.5, 0.6) is 0 Å². The first-order valence-electron chi connectivity index (χ1n) is 6.21. The molecule has 0 aromatic carbocycles. The van der Waals surface area contributed by atoms with Crippen LogP contribution in [-0.2, 0) is 12.8 Å². The van der Waals surface area contributed by atoms with Gasteiger partial charge in [-0.05, 0) is 57.4 Å². The molecule has 2 N–H and O–H groups in total. The molecular formula is C13H21N3. The fraction of sp³-hybridized carbons (Fsp3) is 0.692. The predicted octanol–water partition coefficient (Wildman–Crippen LogP) is 2.02. The summed E-state index contributed by atoms with van der Waals surface area (Å²) in [5.41, 5.74) is 9.55. The lowest BCUT2D eigenvalue weighted by Gasteiger charge is -2.11. The molecule has 0 amide bonds. The summed E-state index contributed by atoms with van der Waals surface area (Å²) in [5, 5.41) is 0. The van der Waals surface area contributed by atoms with E-state index < -0.39 is 0 Å². The number of hydrogen-bond donors (Lipinski definition) is 1. The Morgan fingerprint density at radius 3 is 2.81 bits per heavy atom. The van der Waals surface area contributed by atoms with Gasteiger partial charge in [-0.25, -0.2) is 9.97 Å². The Labute approximate surface area is 97.5 Å². The fourth-order valence-electron chi connectivity index (χ4n) is 2.01. The highest BCUT2D eigenvalue weighted by Crippen LogP contribution is 2.33. The Bertz CT molecular complexity index is 356.